The van der Waals surface area contributed by atoms with E-state index in [1.54, 1.807) is 0 Å². The van der Waals surface area contributed by atoms with Crippen molar-refractivity contribution < 1.29 is 9.90 Å². The van der Waals surface area contributed by atoms with E-state index in [2.05, 4.69) is 26.0 Å². The second-order valence-corrected chi connectivity index (χ2v) is 4.77. The van der Waals surface area contributed by atoms with Crippen LogP contribution in [0, 0.1) is 0 Å². The van der Waals surface area contributed by atoms with Crippen LogP contribution in [-0.2, 0) is 11.2 Å². The first-order chi connectivity index (χ1) is 7.50. The second kappa shape index (κ2) is 5.90. The summed E-state index contributed by atoms with van der Waals surface area (Å²) in [6, 6.07) is 8.26. The molecule has 0 bridgehead atoms. The third-order valence-corrected chi connectivity index (χ3v) is 3.01. The van der Waals surface area contributed by atoms with E-state index in [1.807, 2.05) is 12.1 Å². The van der Waals surface area contributed by atoms with E-state index < -0.39 is 11.3 Å². The molecule has 0 spiro atoms. The zero-order valence-electron chi connectivity index (χ0n) is 9.61. The number of aryl methyl sites for hydroxylation is 1. The first-order valence-corrected chi connectivity index (χ1v) is 5.90. The van der Waals surface area contributed by atoms with Crippen LogP contribution in [0.1, 0.15) is 37.3 Å². The summed E-state index contributed by atoms with van der Waals surface area (Å²) in [7, 11) is 0. The monoisotopic (exact) mass is 240 g/mol. The minimum absolute atomic E-state index is 0.470. The van der Waals surface area contributed by atoms with Crippen LogP contribution in [0.4, 0.5) is 0 Å². The number of carbonyl (C=O) groups is 1. The van der Waals surface area contributed by atoms with Crippen molar-refractivity contribution in [2.45, 2.75) is 38.0 Å². The molecule has 1 N–H and O–H groups in total. The number of halogens is 1. The molecule has 1 atom stereocenters. The number of benzene rings is 1. The molecule has 1 rings (SSSR count). The van der Waals surface area contributed by atoms with Crippen LogP contribution in [0.3, 0.4) is 0 Å². The van der Waals surface area contributed by atoms with Crippen LogP contribution < -0.4 is 0 Å². The summed E-state index contributed by atoms with van der Waals surface area (Å²) < 4.78 is 0. The Hall–Kier alpha value is -1.02. The van der Waals surface area contributed by atoms with Gasteiger partial charge in [-0.2, -0.15) is 0 Å². The zero-order valence-corrected chi connectivity index (χ0v) is 10.4. The van der Waals surface area contributed by atoms with E-state index in [0.29, 0.717) is 18.8 Å². The van der Waals surface area contributed by atoms with Crippen LogP contribution in [0.25, 0.3) is 0 Å². The van der Waals surface area contributed by atoms with E-state index in [0.717, 1.165) is 5.56 Å². The van der Waals surface area contributed by atoms with E-state index in [1.165, 1.54) is 5.56 Å². The Morgan fingerprint density at radius 1 is 1.31 bits per heavy atom. The SMILES string of the molecule is CC(C)c1ccc(CCC(Cl)C(=O)O)cc1. The smallest absolute Gasteiger partial charge is 0.321 e. The van der Waals surface area contributed by atoms with Gasteiger partial charge in [-0.3, -0.25) is 4.79 Å². The highest BCUT2D eigenvalue weighted by Crippen LogP contribution is 2.16. The van der Waals surface area contributed by atoms with Crippen LogP contribution in [0.5, 0.6) is 0 Å². The van der Waals surface area contributed by atoms with Gasteiger partial charge in [-0.05, 0) is 29.9 Å². The molecule has 0 fully saturated rings. The maximum atomic E-state index is 10.5. The van der Waals surface area contributed by atoms with Gasteiger partial charge >= 0.3 is 5.97 Å². The van der Waals surface area contributed by atoms with Gasteiger partial charge in [0.15, 0.2) is 0 Å². The van der Waals surface area contributed by atoms with Crippen molar-refractivity contribution in [3.05, 3.63) is 35.4 Å². The molecule has 0 heterocycles. The van der Waals surface area contributed by atoms with Crippen molar-refractivity contribution in [3.8, 4) is 0 Å². The summed E-state index contributed by atoms with van der Waals surface area (Å²) in [6.07, 6.45) is 1.18. The maximum absolute atomic E-state index is 10.5. The first-order valence-electron chi connectivity index (χ1n) is 5.46. The summed E-state index contributed by atoms with van der Waals surface area (Å²) in [6.45, 7) is 4.29. The quantitative estimate of drug-likeness (QED) is 0.801. The Labute approximate surface area is 101 Å². The predicted molar refractivity (Wildman–Crippen MR) is 66.1 cm³/mol. The molecule has 0 saturated carbocycles. The number of carboxylic acid groups (broad SMARTS) is 1. The minimum Gasteiger partial charge on any atom is -0.480 e. The number of aliphatic carboxylic acids is 1. The fourth-order valence-corrected chi connectivity index (χ4v) is 1.60. The van der Waals surface area contributed by atoms with Crippen molar-refractivity contribution in [3.63, 3.8) is 0 Å². The van der Waals surface area contributed by atoms with Gasteiger partial charge in [0.05, 0.1) is 0 Å². The normalized spacial score (nSPS) is 12.8. The lowest BCUT2D eigenvalue weighted by atomic mass is 10.00. The van der Waals surface area contributed by atoms with Gasteiger partial charge in [-0.25, -0.2) is 0 Å². The van der Waals surface area contributed by atoms with Gasteiger partial charge in [0, 0.05) is 0 Å². The summed E-state index contributed by atoms with van der Waals surface area (Å²) in [4.78, 5) is 10.5. The van der Waals surface area contributed by atoms with Crippen LogP contribution >= 0.6 is 11.6 Å². The largest absolute Gasteiger partial charge is 0.480 e. The highest BCUT2D eigenvalue weighted by Gasteiger charge is 2.12. The molecule has 0 amide bonds. The Morgan fingerprint density at radius 2 is 1.88 bits per heavy atom. The molecular formula is C13H17ClO2. The summed E-state index contributed by atoms with van der Waals surface area (Å²) >= 11 is 5.65. The van der Waals surface area contributed by atoms with Crippen molar-refractivity contribution in [2.75, 3.05) is 0 Å². The predicted octanol–water partition coefficient (Wildman–Crippen LogP) is 3.43. The summed E-state index contributed by atoms with van der Waals surface area (Å²) in [5.74, 6) is -0.422. The van der Waals surface area contributed by atoms with Crippen molar-refractivity contribution >= 4 is 17.6 Å². The van der Waals surface area contributed by atoms with Crippen LogP contribution in [-0.4, -0.2) is 16.5 Å². The Kier molecular flexibility index (Phi) is 4.81. The molecule has 0 radical (unpaired) electrons. The maximum Gasteiger partial charge on any atom is 0.321 e. The molecule has 3 heteroatoms. The number of alkyl halides is 1. The number of hydrogen-bond donors (Lipinski definition) is 1. The lowest BCUT2D eigenvalue weighted by molar-refractivity contribution is -0.136. The molecular weight excluding hydrogens is 224 g/mol. The zero-order chi connectivity index (χ0) is 12.1. The molecule has 16 heavy (non-hydrogen) atoms. The van der Waals surface area contributed by atoms with Gasteiger partial charge in [0.2, 0.25) is 0 Å². The highest BCUT2D eigenvalue weighted by atomic mass is 35.5. The molecule has 0 aliphatic carbocycles. The Morgan fingerprint density at radius 3 is 2.31 bits per heavy atom. The third-order valence-electron chi connectivity index (χ3n) is 2.60. The fraction of sp³-hybridized carbons (Fsp3) is 0.462. The number of rotatable bonds is 5. The van der Waals surface area contributed by atoms with Crippen molar-refractivity contribution in [1.29, 1.82) is 0 Å². The standard InChI is InChI=1S/C13H17ClO2/c1-9(2)11-6-3-10(4-7-11)5-8-12(14)13(15)16/h3-4,6-7,9,12H,5,8H2,1-2H3,(H,15,16). The summed E-state index contributed by atoms with van der Waals surface area (Å²) in [5.41, 5.74) is 2.43. The summed E-state index contributed by atoms with van der Waals surface area (Å²) in [5, 5.41) is 7.86. The van der Waals surface area contributed by atoms with Gasteiger partial charge in [0.25, 0.3) is 0 Å². The van der Waals surface area contributed by atoms with Crippen molar-refractivity contribution in [1.82, 2.24) is 0 Å². The topological polar surface area (TPSA) is 37.3 Å². The van der Waals surface area contributed by atoms with Gasteiger partial charge in [0.1, 0.15) is 5.38 Å². The second-order valence-electron chi connectivity index (χ2n) is 4.24. The van der Waals surface area contributed by atoms with E-state index in [9.17, 15) is 4.79 Å². The lowest BCUT2D eigenvalue weighted by Gasteiger charge is -2.07. The number of hydrogen-bond acceptors (Lipinski definition) is 1. The molecule has 0 aromatic heterocycles. The molecule has 0 saturated heterocycles. The average molecular weight is 241 g/mol. The molecule has 0 aliphatic rings. The minimum atomic E-state index is -0.944. The van der Waals surface area contributed by atoms with E-state index in [-0.39, 0.29) is 0 Å². The van der Waals surface area contributed by atoms with Crippen LogP contribution in [0.2, 0.25) is 0 Å². The van der Waals surface area contributed by atoms with Gasteiger partial charge in [-0.1, -0.05) is 38.1 Å². The molecule has 88 valence electrons. The third kappa shape index (κ3) is 3.86. The molecule has 1 aromatic rings. The average Bonchev–Trinajstić information content (AvgIpc) is 2.26. The first kappa shape index (κ1) is 13.0. The molecule has 0 aliphatic heterocycles. The van der Waals surface area contributed by atoms with E-state index in [4.69, 9.17) is 16.7 Å². The highest BCUT2D eigenvalue weighted by molar-refractivity contribution is 6.29. The van der Waals surface area contributed by atoms with E-state index >= 15 is 0 Å². The van der Waals surface area contributed by atoms with Crippen LogP contribution in [0.15, 0.2) is 24.3 Å². The fourth-order valence-electron chi connectivity index (χ4n) is 1.49. The Bertz CT molecular complexity index is 343. The van der Waals surface area contributed by atoms with Crippen molar-refractivity contribution in [2.24, 2.45) is 0 Å². The molecule has 2 nitrogen and oxygen atoms in total. The molecule has 1 unspecified atom stereocenters. The van der Waals surface area contributed by atoms with Gasteiger partial charge in [-0.15, -0.1) is 11.6 Å². The number of carboxylic acids is 1. The molecule has 1 aromatic carbocycles. The van der Waals surface area contributed by atoms with Gasteiger partial charge < -0.3 is 5.11 Å². The Balaban J connectivity index is 2.52. The lowest BCUT2D eigenvalue weighted by Crippen LogP contribution is -2.13.